The number of allylic oxidation sites excluding steroid dienone is 2. The Labute approximate surface area is 149 Å². The summed E-state index contributed by atoms with van der Waals surface area (Å²) in [6.45, 7) is 0. The molecule has 1 aliphatic carbocycles. The van der Waals surface area contributed by atoms with Crippen molar-refractivity contribution in [2.75, 3.05) is 0 Å². The zero-order chi connectivity index (χ0) is 18.1. The first-order valence-electron chi connectivity index (χ1n) is 8.21. The number of carbonyl (C=O) groups is 1. The Morgan fingerprint density at radius 2 is 0.962 bits per heavy atom. The maximum Gasteiger partial charge on any atom is 0.194 e. The molecule has 0 radical (unpaired) electrons. The molecular weight excluding hydrogens is 330 g/mol. The molecule has 1 aliphatic rings. The Morgan fingerprint density at radius 3 is 1.35 bits per heavy atom. The van der Waals surface area contributed by atoms with Crippen molar-refractivity contribution in [2.45, 2.75) is 0 Å². The second-order valence-electron chi connectivity index (χ2n) is 6.09. The van der Waals surface area contributed by atoms with Gasteiger partial charge >= 0.3 is 0 Å². The molecule has 0 saturated carbocycles. The number of ketones is 1. The molecular formula is C23H14F2O. The van der Waals surface area contributed by atoms with Crippen LogP contribution in [0.2, 0.25) is 0 Å². The number of fused-ring (bicyclic) bond motifs is 1. The predicted molar refractivity (Wildman–Crippen MR) is 100.0 cm³/mol. The lowest BCUT2D eigenvalue weighted by Crippen LogP contribution is -1.94. The van der Waals surface area contributed by atoms with Crippen LogP contribution in [0.15, 0.2) is 72.8 Å². The Morgan fingerprint density at radius 1 is 0.577 bits per heavy atom. The van der Waals surface area contributed by atoms with Crippen molar-refractivity contribution in [3.05, 3.63) is 107 Å². The summed E-state index contributed by atoms with van der Waals surface area (Å²) in [7, 11) is 0. The normalized spacial score (nSPS) is 16.3. The first kappa shape index (κ1) is 16.2. The van der Waals surface area contributed by atoms with Crippen LogP contribution >= 0.6 is 0 Å². The fourth-order valence-corrected chi connectivity index (χ4v) is 3.08. The molecule has 0 fully saturated rings. The van der Waals surface area contributed by atoms with Crippen LogP contribution in [0.25, 0.3) is 23.3 Å². The lowest BCUT2D eigenvalue weighted by Gasteiger charge is -1.99. The molecule has 0 amide bonds. The molecule has 0 aliphatic heterocycles. The van der Waals surface area contributed by atoms with Gasteiger partial charge in [-0.1, -0.05) is 48.5 Å². The van der Waals surface area contributed by atoms with Gasteiger partial charge in [-0.15, -0.1) is 0 Å². The molecule has 3 heteroatoms. The molecule has 4 rings (SSSR count). The van der Waals surface area contributed by atoms with Crippen LogP contribution in [0, 0.1) is 11.6 Å². The van der Waals surface area contributed by atoms with Crippen LogP contribution < -0.4 is 0 Å². The van der Waals surface area contributed by atoms with Crippen LogP contribution in [-0.4, -0.2) is 5.78 Å². The molecule has 0 heterocycles. The average molecular weight is 344 g/mol. The number of hydrogen-bond acceptors (Lipinski definition) is 1. The monoisotopic (exact) mass is 344 g/mol. The number of benzene rings is 3. The van der Waals surface area contributed by atoms with Gasteiger partial charge in [-0.2, -0.15) is 0 Å². The highest BCUT2D eigenvalue weighted by Crippen LogP contribution is 2.39. The zero-order valence-corrected chi connectivity index (χ0v) is 13.7. The van der Waals surface area contributed by atoms with E-state index in [2.05, 4.69) is 0 Å². The third-order valence-corrected chi connectivity index (χ3v) is 4.36. The lowest BCUT2D eigenvalue weighted by atomic mass is 10.0. The van der Waals surface area contributed by atoms with Gasteiger partial charge in [0.25, 0.3) is 0 Å². The van der Waals surface area contributed by atoms with Crippen molar-refractivity contribution in [1.29, 1.82) is 0 Å². The van der Waals surface area contributed by atoms with Gasteiger partial charge in [0.2, 0.25) is 0 Å². The van der Waals surface area contributed by atoms with Crippen molar-refractivity contribution in [2.24, 2.45) is 0 Å². The molecule has 0 N–H and O–H groups in total. The lowest BCUT2D eigenvalue weighted by molar-refractivity contribution is -0.108. The van der Waals surface area contributed by atoms with Gasteiger partial charge in [0.15, 0.2) is 5.78 Å². The zero-order valence-electron chi connectivity index (χ0n) is 13.7. The summed E-state index contributed by atoms with van der Waals surface area (Å²) in [6.07, 6.45) is 3.54. The number of hydrogen-bond donors (Lipinski definition) is 0. The third kappa shape index (κ3) is 3.00. The molecule has 0 spiro atoms. The van der Waals surface area contributed by atoms with Gasteiger partial charge in [0, 0.05) is 11.1 Å². The fraction of sp³-hybridized carbons (Fsp3) is 0. The van der Waals surface area contributed by atoms with Gasteiger partial charge in [-0.25, -0.2) is 8.78 Å². The highest BCUT2D eigenvalue weighted by molar-refractivity contribution is 6.51. The molecule has 3 aromatic carbocycles. The van der Waals surface area contributed by atoms with Gasteiger partial charge in [-0.3, -0.25) is 4.79 Å². The number of rotatable bonds is 2. The van der Waals surface area contributed by atoms with E-state index in [1.54, 1.807) is 36.4 Å². The van der Waals surface area contributed by atoms with Gasteiger partial charge in [-0.05, 0) is 58.7 Å². The van der Waals surface area contributed by atoms with Gasteiger partial charge in [0.05, 0.1) is 0 Å². The molecule has 0 saturated heterocycles. The van der Waals surface area contributed by atoms with Crippen molar-refractivity contribution < 1.29 is 13.6 Å². The van der Waals surface area contributed by atoms with E-state index in [0.717, 1.165) is 22.3 Å². The quantitative estimate of drug-likeness (QED) is 0.551. The molecule has 1 nitrogen and oxygen atoms in total. The first-order valence-corrected chi connectivity index (χ1v) is 8.21. The minimum Gasteiger partial charge on any atom is -0.289 e. The second-order valence-corrected chi connectivity index (χ2v) is 6.09. The summed E-state index contributed by atoms with van der Waals surface area (Å²) in [4.78, 5) is 13.0. The van der Waals surface area contributed by atoms with Crippen molar-refractivity contribution in [1.82, 2.24) is 0 Å². The molecule has 0 unspecified atom stereocenters. The van der Waals surface area contributed by atoms with E-state index in [1.807, 2.05) is 24.3 Å². The van der Waals surface area contributed by atoms with Crippen LogP contribution in [0.3, 0.4) is 0 Å². The minimum atomic E-state index is -0.317. The van der Waals surface area contributed by atoms with E-state index >= 15 is 0 Å². The number of Topliss-reactive ketones (excluding diaryl/α,β-unsaturated/α-hetero) is 1. The van der Waals surface area contributed by atoms with Gasteiger partial charge in [0.1, 0.15) is 11.6 Å². The maximum absolute atomic E-state index is 13.1. The van der Waals surface area contributed by atoms with Crippen molar-refractivity contribution in [3.8, 4) is 0 Å². The largest absolute Gasteiger partial charge is 0.289 e. The summed E-state index contributed by atoms with van der Waals surface area (Å²) < 4.78 is 26.3. The Balaban J connectivity index is 1.82. The summed E-state index contributed by atoms with van der Waals surface area (Å²) in [5, 5.41) is 0. The highest BCUT2D eigenvalue weighted by Gasteiger charge is 2.29. The molecule has 126 valence electrons. The first-order chi connectivity index (χ1) is 12.6. The summed E-state index contributed by atoms with van der Waals surface area (Å²) in [6, 6.07) is 19.6. The minimum absolute atomic E-state index is 0.0974. The maximum atomic E-state index is 13.1. The number of carbonyl (C=O) groups excluding carboxylic acids is 1. The van der Waals surface area contributed by atoms with Crippen LogP contribution in [0.5, 0.6) is 0 Å². The molecule has 26 heavy (non-hydrogen) atoms. The Kier molecular flexibility index (Phi) is 4.05. The van der Waals surface area contributed by atoms with E-state index in [0.29, 0.717) is 11.1 Å². The van der Waals surface area contributed by atoms with E-state index in [9.17, 15) is 13.6 Å². The summed E-state index contributed by atoms with van der Waals surface area (Å²) >= 11 is 0. The SMILES string of the molecule is O=C1/C(=C/c2ccc(F)cc2)c2ccccc2/C1=C\c1ccc(F)cc1. The predicted octanol–water partition coefficient (Wildman–Crippen LogP) is 5.63. The van der Waals surface area contributed by atoms with Gasteiger partial charge < -0.3 is 0 Å². The van der Waals surface area contributed by atoms with Crippen molar-refractivity contribution in [3.63, 3.8) is 0 Å². The Bertz CT molecular complexity index is 958. The molecule has 0 atom stereocenters. The fourth-order valence-electron chi connectivity index (χ4n) is 3.08. The average Bonchev–Trinajstić information content (AvgIpc) is 2.91. The highest BCUT2D eigenvalue weighted by atomic mass is 19.1. The molecule has 3 aromatic rings. The van der Waals surface area contributed by atoms with Crippen LogP contribution in [0.4, 0.5) is 8.78 Å². The molecule has 0 aromatic heterocycles. The van der Waals surface area contributed by atoms with Crippen molar-refractivity contribution >= 4 is 29.1 Å². The smallest absolute Gasteiger partial charge is 0.194 e. The van der Waals surface area contributed by atoms with E-state index < -0.39 is 0 Å². The molecule has 0 bridgehead atoms. The van der Waals surface area contributed by atoms with Crippen LogP contribution in [-0.2, 0) is 4.79 Å². The Hall–Kier alpha value is -3.33. The standard InChI is InChI=1S/C23H14F2O/c24-17-9-5-15(6-10-17)13-21-19-3-1-2-4-20(19)22(23(21)26)14-16-7-11-18(25)12-8-16/h1-14H/b21-13+,22-14+. The second kappa shape index (κ2) is 6.52. The summed E-state index contributed by atoms with van der Waals surface area (Å²) in [5.74, 6) is -0.732. The summed E-state index contributed by atoms with van der Waals surface area (Å²) in [5.41, 5.74) is 4.34. The van der Waals surface area contributed by atoms with E-state index in [4.69, 9.17) is 0 Å². The number of halogens is 2. The van der Waals surface area contributed by atoms with Crippen LogP contribution in [0.1, 0.15) is 22.3 Å². The van der Waals surface area contributed by atoms with E-state index in [1.165, 1.54) is 24.3 Å². The topological polar surface area (TPSA) is 17.1 Å². The third-order valence-electron chi connectivity index (χ3n) is 4.36. The van der Waals surface area contributed by atoms with E-state index in [-0.39, 0.29) is 17.4 Å².